The summed E-state index contributed by atoms with van der Waals surface area (Å²) in [5, 5.41) is 3.75. The second kappa shape index (κ2) is 3.98. The summed E-state index contributed by atoms with van der Waals surface area (Å²) in [6.45, 7) is 0. The molecule has 1 fully saturated rings. The van der Waals surface area contributed by atoms with E-state index >= 15 is 0 Å². The van der Waals surface area contributed by atoms with E-state index in [1.54, 1.807) is 14.1 Å². The Morgan fingerprint density at radius 2 is 2.00 bits per heavy atom. The van der Waals surface area contributed by atoms with Gasteiger partial charge in [0.05, 0.1) is 5.54 Å². The molecule has 0 spiro atoms. The molecule has 0 heterocycles. The standard InChI is InChI=1S/C12H15ClN2O/c1-15(2)11(16)14-12(7-8-12)9-5-3-4-6-10(9)13/h3-6H,7-8H2,1-2H3,(H,14,16). The summed E-state index contributed by atoms with van der Waals surface area (Å²) in [7, 11) is 3.47. The molecular formula is C12H15ClN2O. The summed E-state index contributed by atoms with van der Waals surface area (Å²) in [6, 6.07) is 7.61. The van der Waals surface area contributed by atoms with Gasteiger partial charge in [-0.2, -0.15) is 0 Å². The maximum absolute atomic E-state index is 11.7. The van der Waals surface area contributed by atoms with E-state index < -0.39 is 0 Å². The first-order chi connectivity index (χ1) is 7.55. The maximum atomic E-state index is 11.7. The third-order valence-electron chi connectivity index (χ3n) is 2.89. The molecule has 2 amide bonds. The summed E-state index contributed by atoms with van der Waals surface area (Å²) < 4.78 is 0. The smallest absolute Gasteiger partial charge is 0.317 e. The van der Waals surface area contributed by atoms with Crippen LogP contribution in [0.25, 0.3) is 0 Å². The number of amides is 2. The lowest BCUT2D eigenvalue weighted by Gasteiger charge is -2.21. The lowest BCUT2D eigenvalue weighted by Crippen LogP contribution is -2.41. The summed E-state index contributed by atoms with van der Waals surface area (Å²) in [4.78, 5) is 13.2. The monoisotopic (exact) mass is 238 g/mol. The molecular weight excluding hydrogens is 224 g/mol. The van der Waals surface area contributed by atoms with Crippen LogP contribution < -0.4 is 5.32 Å². The molecule has 4 heteroatoms. The number of hydrogen-bond donors (Lipinski definition) is 1. The van der Waals surface area contributed by atoms with Gasteiger partial charge in [0, 0.05) is 19.1 Å². The highest BCUT2D eigenvalue weighted by atomic mass is 35.5. The van der Waals surface area contributed by atoms with E-state index in [4.69, 9.17) is 11.6 Å². The van der Waals surface area contributed by atoms with Crippen LogP contribution in [0.2, 0.25) is 5.02 Å². The van der Waals surface area contributed by atoms with Crippen molar-refractivity contribution in [3.63, 3.8) is 0 Å². The number of urea groups is 1. The van der Waals surface area contributed by atoms with Crippen molar-refractivity contribution < 1.29 is 4.79 Å². The zero-order valence-corrected chi connectivity index (χ0v) is 10.2. The molecule has 0 radical (unpaired) electrons. The lowest BCUT2D eigenvalue weighted by atomic mass is 10.1. The fraction of sp³-hybridized carbons (Fsp3) is 0.417. The van der Waals surface area contributed by atoms with E-state index in [0.717, 1.165) is 23.4 Å². The second-order valence-corrected chi connectivity index (χ2v) is 4.79. The Labute approximate surface area is 100 Å². The van der Waals surface area contributed by atoms with Crippen molar-refractivity contribution in [2.45, 2.75) is 18.4 Å². The van der Waals surface area contributed by atoms with Gasteiger partial charge in [-0.05, 0) is 24.5 Å². The number of carbonyl (C=O) groups is 1. The normalized spacial score (nSPS) is 16.7. The molecule has 2 rings (SSSR count). The molecule has 1 saturated carbocycles. The van der Waals surface area contributed by atoms with Gasteiger partial charge in [0.15, 0.2) is 0 Å². The molecule has 1 N–H and O–H groups in total. The third-order valence-corrected chi connectivity index (χ3v) is 3.22. The van der Waals surface area contributed by atoms with Crippen molar-refractivity contribution in [3.05, 3.63) is 34.9 Å². The van der Waals surface area contributed by atoms with E-state index in [9.17, 15) is 4.79 Å². The summed E-state index contributed by atoms with van der Waals surface area (Å²) in [5.74, 6) is 0. The van der Waals surface area contributed by atoms with Crippen molar-refractivity contribution in [2.75, 3.05) is 14.1 Å². The minimum Gasteiger partial charge on any atom is -0.331 e. The molecule has 1 aliphatic rings. The molecule has 0 unspecified atom stereocenters. The van der Waals surface area contributed by atoms with Crippen molar-refractivity contribution in [1.29, 1.82) is 0 Å². The van der Waals surface area contributed by atoms with Gasteiger partial charge in [-0.25, -0.2) is 4.79 Å². The zero-order valence-electron chi connectivity index (χ0n) is 9.46. The number of halogens is 1. The lowest BCUT2D eigenvalue weighted by molar-refractivity contribution is 0.211. The van der Waals surface area contributed by atoms with Gasteiger partial charge in [-0.1, -0.05) is 29.8 Å². The number of carbonyl (C=O) groups excluding carboxylic acids is 1. The molecule has 1 aliphatic carbocycles. The third kappa shape index (κ3) is 2.00. The predicted molar refractivity (Wildman–Crippen MR) is 64.6 cm³/mol. The first-order valence-corrected chi connectivity index (χ1v) is 5.67. The molecule has 1 aromatic carbocycles. The van der Waals surface area contributed by atoms with Crippen LogP contribution in [-0.4, -0.2) is 25.0 Å². The number of nitrogens with zero attached hydrogens (tertiary/aromatic N) is 1. The first-order valence-electron chi connectivity index (χ1n) is 5.30. The van der Waals surface area contributed by atoms with Crippen molar-refractivity contribution in [3.8, 4) is 0 Å². The highest BCUT2D eigenvalue weighted by molar-refractivity contribution is 6.31. The highest BCUT2D eigenvalue weighted by Gasteiger charge is 2.47. The van der Waals surface area contributed by atoms with Crippen molar-refractivity contribution >= 4 is 17.6 Å². The number of hydrogen-bond acceptors (Lipinski definition) is 1. The van der Waals surface area contributed by atoms with Crippen LogP contribution in [0.4, 0.5) is 4.79 Å². The van der Waals surface area contributed by atoms with Crippen molar-refractivity contribution in [2.24, 2.45) is 0 Å². The molecule has 3 nitrogen and oxygen atoms in total. The Balaban J connectivity index is 2.21. The van der Waals surface area contributed by atoms with Gasteiger partial charge < -0.3 is 10.2 Å². The van der Waals surface area contributed by atoms with Crippen LogP contribution in [0, 0.1) is 0 Å². The van der Waals surface area contributed by atoms with Gasteiger partial charge in [0.1, 0.15) is 0 Å². The molecule has 0 bridgehead atoms. The summed E-state index contributed by atoms with van der Waals surface area (Å²) in [6.07, 6.45) is 1.91. The summed E-state index contributed by atoms with van der Waals surface area (Å²) >= 11 is 6.15. The van der Waals surface area contributed by atoms with Gasteiger partial charge in [-0.15, -0.1) is 0 Å². The maximum Gasteiger partial charge on any atom is 0.317 e. The van der Waals surface area contributed by atoms with Crippen molar-refractivity contribution in [1.82, 2.24) is 10.2 Å². The minimum atomic E-state index is -0.236. The predicted octanol–water partition coefficient (Wildman–Crippen LogP) is 2.60. The largest absolute Gasteiger partial charge is 0.331 e. The van der Waals surface area contributed by atoms with Crippen LogP contribution in [-0.2, 0) is 5.54 Å². The second-order valence-electron chi connectivity index (χ2n) is 4.39. The minimum absolute atomic E-state index is 0.0718. The highest BCUT2D eigenvalue weighted by Crippen LogP contribution is 2.47. The van der Waals surface area contributed by atoms with Gasteiger partial charge in [0.2, 0.25) is 0 Å². The molecule has 1 aromatic rings. The van der Waals surface area contributed by atoms with Crippen LogP contribution in [0.3, 0.4) is 0 Å². The van der Waals surface area contributed by atoms with E-state index in [1.807, 2.05) is 24.3 Å². The average molecular weight is 239 g/mol. The van der Waals surface area contributed by atoms with Crippen LogP contribution in [0.15, 0.2) is 24.3 Å². The quantitative estimate of drug-likeness (QED) is 0.844. The number of nitrogens with one attached hydrogen (secondary N) is 1. The number of rotatable bonds is 2. The molecule has 0 saturated heterocycles. The van der Waals surface area contributed by atoms with E-state index in [2.05, 4.69) is 5.32 Å². The molecule has 0 atom stereocenters. The van der Waals surface area contributed by atoms with E-state index in [0.29, 0.717) is 0 Å². The first kappa shape index (κ1) is 11.3. The van der Waals surface area contributed by atoms with Crippen LogP contribution in [0.1, 0.15) is 18.4 Å². The topological polar surface area (TPSA) is 32.3 Å². The van der Waals surface area contributed by atoms with Crippen LogP contribution in [0.5, 0.6) is 0 Å². The Morgan fingerprint density at radius 3 is 2.50 bits per heavy atom. The Hall–Kier alpha value is -1.22. The van der Waals surface area contributed by atoms with E-state index in [-0.39, 0.29) is 11.6 Å². The fourth-order valence-corrected chi connectivity index (χ4v) is 2.07. The van der Waals surface area contributed by atoms with Gasteiger partial charge in [0.25, 0.3) is 0 Å². The molecule has 0 aromatic heterocycles. The fourth-order valence-electron chi connectivity index (χ4n) is 1.75. The SMILES string of the molecule is CN(C)C(=O)NC1(c2ccccc2Cl)CC1. The molecule has 16 heavy (non-hydrogen) atoms. The van der Waals surface area contributed by atoms with Gasteiger partial charge in [-0.3, -0.25) is 0 Å². The zero-order chi connectivity index (χ0) is 11.8. The number of benzene rings is 1. The average Bonchev–Trinajstić information content (AvgIpc) is 2.99. The Bertz CT molecular complexity index is 413. The molecule has 0 aliphatic heterocycles. The van der Waals surface area contributed by atoms with Gasteiger partial charge >= 0.3 is 6.03 Å². The van der Waals surface area contributed by atoms with Crippen LogP contribution >= 0.6 is 11.6 Å². The summed E-state index contributed by atoms with van der Waals surface area (Å²) in [5.41, 5.74) is 0.784. The Kier molecular flexibility index (Phi) is 2.80. The molecule has 86 valence electrons. The Morgan fingerprint density at radius 1 is 1.38 bits per heavy atom. The van der Waals surface area contributed by atoms with E-state index in [1.165, 1.54) is 4.90 Å².